The summed E-state index contributed by atoms with van der Waals surface area (Å²) in [6.45, 7) is 1.59. The number of nitrogens with two attached hydrogens (primary N) is 1. The van der Waals surface area contributed by atoms with Gasteiger partial charge in [0.1, 0.15) is 0 Å². The lowest BCUT2D eigenvalue weighted by Gasteiger charge is -2.27. The molecular weight excluding hydrogens is 324 g/mol. The van der Waals surface area contributed by atoms with E-state index in [1.807, 2.05) is 4.90 Å². The van der Waals surface area contributed by atoms with Gasteiger partial charge in [-0.1, -0.05) is 5.16 Å². The van der Waals surface area contributed by atoms with Crippen molar-refractivity contribution in [2.45, 2.75) is 19.3 Å². The first-order chi connectivity index (χ1) is 9.61. The maximum atomic E-state index is 12.1. The molecule has 1 heterocycles. The Morgan fingerprint density at radius 1 is 1.35 bits per heavy atom. The number of carbonyl (C=O) groups excluding carboxylic acids is 1. The summed E-state index contributed by atoms with van der Waals surface area (Å²) in [7, 11) is 0. The minimum atomic E-state index is -0.0954. The van der Waals surface area contributed by atoms with Crippen LogP contribution in [-0.2, 0) is 0 Å². The number of rotatable bonds is 2. The van der Waals surface area contributed by atoms with Crippen molar-refractivity contribution >= 4 is 33.5 Å². The topological polar surface area (TPSA) is 91.0 Å². The predicted molar refractivity (Wildman–Crippen MR) is 81.1 cm³/mol. The number of amides is 2. The van der Waals surface area contributed by atoms with Gasteiger partial charge in [0.05, 0.1) is 5.69 Å². The zero-order valence-corrected chi connectivity index (χ0v) is 12.6. The van der Waals surface area contributed by atoms with Gasteiger partial charge in [-0.25, -0.2) is 4.79 Å². The largest absolute Gasteiger partial charge is 0.409 e. The van der Waals surface area contributed by atoms with Gasteiger partial charge in [0.2, 0.25) is 0 Å². The zero-order valence-electron chi connectivity index (χ0n) is 11.0. The monoisotopic (exact) mass is 340 g/mol. The second kappa shape index (κ2) is 6.60. The van der Waals surface area contributed by atoms with E-state index in [1.165, 1.54) is 6.42 Å². The Hall–Kier alpha value is -1.76. The molecule has 6 nitrogen and oxygen atoms in total. The third-order valence-corrected chi connectivity index (χ3v) is 3.91. The van der Waals surface area contributed by atoms with E-state index in [2.05, 4.69) is 26.4 Å². The van der Waals surface area contributed by atoms with Crippen molar-refractivity contribution in [2.24, 2.45) is 10.9 Å². The molecule has 0 unspecified atom stereocenters. The number of nitrogens with one attached hydrogen (secondary N) is 1. The molecule has 1 aliphatic heterocycles. The molecule has 0 aliphatic carbocycles. The molecule has 0 bridgehead atoms. The summed E-state index contributed by atoms with van der Waals surface area (Å²) in [5.74, 6) is 0.0274. The van der Waals surface area contributed by atoms with Crippen molar-refractivity contribution in [1.29, 1.82) is 0 Å². The first-order valence-corrected chi connectivity index (χ1v) is 7.24. The molecule has 0 atom stereocenters. The number of halogens is 1. The van der Waals surface area contributed by atoms with Crippen molar-refractivity contribution in [3.63, 3.8) is 0 Å². The normalized spacial score (nSPS) is 16.1. The summed E-state index contributed by atoms with van der Waals surface area (Å²) >= 11 is 3.37. The number of carbonyl (C=O) groups is 1. The Balaban J connectivity index is 2.07. The molecule has 20 heavy (non-hydrogen) atoms. The second-order valence-corrected chi connectivity index (χ2v) is 5.51. The number of likely N-dealkylation sites (tertiary alicyclic amines) is 1. The lowest BCUT2D eigenvalue weighted by Crippen LogP contribution is -2.38. The summed E-state index contributed by atoms with van der Waals surface area (Å²) < 4.78 is 0.687. The van der Waals surface area contributed by atoms with E-state index in [9.17, 15) is 4.79 Å². The van der Waals surface area contributed by atoms with Crippen LogP contribution in [0.25, 0.3) is 0 Å². The quantitative estimate of drug-likeness (QED) is 0.334. The van der Waals surface area contributed by atoms with Gasteiger partial charge >= 0.3 is 6.03 Å². The third kappa shape index (κ3) is 3.41. The molecular formula is C13H17BrN4O2. The minimum absolute atomic E-state index is 0.0274. The molecule has 2 amide bonds. The predicted octanol–water partition coefficient (Wildman–Crippen LogP) is 2.56. The average molecular weight is 341 g/mol. The smallest absolute Gasteiger partial charge is 0.321 e. The van der Waals surface area contributed by atoms with Crippen molar-refractivity contribution in [1.82, 2.24) is 4.90 Å². The van der Waals surface area contributed by atoms with E-state index in [4.69, 9.17) is 10.9 Å². The molecule has 7 heteroatoms. The van der Waals surface area contributed by atoms with Crippen molar-refractivity contribution < 1.29 is 10.0 Å². The molecule has 1 fully saturated rings. The van der Waals surface area contributed by atoms with Crippen LogP contribution in [0.4, 0.5) is 10.5 Å². The lowest BCUT2D eigenvalue weighted by molar-refractivity contribution is 0.200. The van der Waals surface area contributed by atoms with Crippen molar-refractivity contribution in [3.8, 4) is 0 Å². The van der Waals surface area contributed by atoms with E-state index in [0.717, 1.165) is 25.9 Å². The fourth-order valence-electron chi connectivity index (χ4n) is 2.12. The van der Waals surface area contributed by atoms with E-state index >= 15 is 0 Å². The third-order valence-electron chi connectivity index (χ3n) is 3.26. The molecule has 0 spiro atoms. The average Bonchev–Trinajstić information content (AvgIpc) is 2.49. The van der Waals surface area contributed by atoms with Crippen LogP contribution in [0.5, 0.6) is 0 Å². The van der Waals surface area contributed by atoms with Crippen LogP contribution in [0.3, 0.4) is 0 Å². The zero-order chi connectivity index (χ0) is 14.5. The number of piperidine rings is 1. The van der Waals surface area contributed by atoms with Gasteiger partial charge in [0.15, 0.2) is 5.84 Å². The molecule has 1 saturated heterocycles. The molecule has 108 valence electrons. The maximum Gasteiger partial charge on any atom is 0.321 e. The number of nitrogens with zero attached hydrogens (tertiary/aromatic N) is 2. The molecule has 1 aromatic carbocycles. The fraction of sp³-hybridized carbons (Fsp3) is 0.385. The van der Waals surface area contributed by atoms with Crippen molar-refractivity contribution in [3.05, 3.63) is 28.2 Å². The molecule has 4 N–H and O–H groups in total. The summed E-state index contributed by atoms with van der Waals surface area (Å²) in [5, 5.41) is 14.4. The molecule has 1 aliphatic rings. The van der Waals surface area contributed by atoms with Gasteiger partial charge in [0.25, 0.3) is 0 Å². The van der Waals surface area contributed by atoms with Crippen molar-refractivity contribution in [2.75, 3.05) is 18.4 Å². The number of hydrogen-bond donors (Lipinski definition) is 3. The highest BCUT2D eigenvalue weighted by molar-refractivity contribution is 9.10. The minimum Gasteiger partial charge on any atom is -0.409 e. The lowest BCUT2D eigenvalue weighted by atomic mass is 10.1. The number of oxime groups is 1. The maximum absolute atomic E-state index is 12.1. The first-order valence-electron chi connectivity index (χ1n) is 6.45. The Bertz CT molecular complexity index is 527. The van der Waals surface area contributed by atoms with Crippen LogP contribution in [0.2, 0.25) is 0 Å². The van der Waals surface area contributed by atoms with Crippen LogP contribution in [0, 0.1) is 0 Å². The van der Waals surface area contributed by atoms with E-state index in [-0.39, 0.29) is 11.9 Å². The van der Waals surface area contributed by atoms with Gasteiger partial charge in [-0.3, -0.25) is 0 Å². The molecule has 0 saturated carbocycles. The molecule has 2 rings (SSSR count). The summed E-state index contributed by atoms with van der Waals surface area (Å²) in [5.41, 5.74) is 6.76. The highest BCUT2D eigenvalue weighted by atomic mass is 79.9. The Morgan fingerprint density at radius 3 is 2.65 bits per heavy atom. The number of hydrogen-bond acceptors (Lipinski definition) is 3. The van der Waals surface area contributed by atoms with Crippen LogP contribution in [0.1, 0.15) is 24.8 Å². The van der Waals surface area contributed by atoms with Crippen LogP contribution >= 0.6 is 15.9 Å². The SMILES string of the molecule is N/C(=N/O)c1ccc(NC(=O)N2CCCCC2)c(Br)c1. The number of amidine groups is 1. The molecule has 0 radical (unpaired) electrons. The van der Waals surface area contributed by atoms with Crippen LogP contribution in [0.15, 0.2) is 27.8 Å². The van der Waals surface area contributed by atoms with Gasteiger partial charge < -0.3 is 21.2 Å². The first kappa shape index (κ1) is 14.6. The number of benzene rings is 1. The summed E-state index contributed by atoms with van der Waals surface area (Å²) in [6.07, 6.45) is 3.29. The standard InChI is InChI=1S/C13H17BrN4O2/c14-10-8-9(12(15)17-20)4-5-11(10)16-13(19)18-6-2-1-3-7-18/h4-5,8,20H,1-3,6-7H2,(H2,15,17)(H,16,19). The highest BCUT2D eigenvalue weighted by Gasteiger charge is 2.17. The summed E-state index contributed by atoms with van der Waals surface area (Å²) in [6, 6.07) is 5.01. The highest BCUT2D eigenvalue weighted by Crippen LogP contribution is 2.24. The second-order valence-electron chi connectivity index (χ2n) is 4.66. The van der Waals surface area contributed by atoms with Crippen LogP contribution in [-0.4, -0.2) is 35.1 Å². The molecule has 1 aromatic rings. The Labute approximate surface area is 125 Å². The van der Waals surface area contributed by atoms with Gasteiger partial charge in [-0.2, -0.15) is 0 Å². The molecule has 0 aromatic heterocycles. The van der Waals surface area contributed by atoms with Crippen LogP contribution < -0.4 is 11.1 Å². The van der Waals surface area contributed by atoms with Gasteiger partial charge in [0, 0.05) is 23.1 Å². The Morgan fingerprint density at radius 2 is 2.05 bits per heavy atom. The van der Waals surface area contributed by atoms with E-state index in [1.54, 1.807) is 18.2 Å². The van der Waals surface area contributed by atoms with Gasteiger partial charge in [-0.05, 0) is 53.4 Å². The van der Waals surface area contributed by atoms with E-state index in [0.29, 0.717) is 15.7 Å². The Kier molecular flexibility index (Phi) is 4.84. The summed E-state index contributed by atoms with van der Waals surface area (Å²) in [4.78, 5) is 13.9. The fourth-order valence-corrected chi connectivity index (χ4v) is 2.60. The van der Waals surface area contributed by atoms with Gasteiger partial charge in [-0.15, -0.1) is 0 Å². The number of urea groups is 1. The van der Waals surface area contributed by atoms with E-state index < -0.39 is 0 Å². The number of anilines is 1.